The molecule has 20 heavy (non-hydrogen) atoms. The molecule has 4 atom stereocenters. The number of imide groups is 1. The molecule has 4 heteroatoms. The highest BCUT2D eigenvalue weighted by Gasteiger charge is 2.57. The van der Waals surface area contributed by atoms with E-state index in [1.54, 1.807) is 0 Å². The van der Waals surface area contributed by atoms with Gasteiger partial charge in [-0.3, -0.25) is 14.5 Å². The largest absolute Gasteiger partial charge is 0.313 e. The van der Waals surface area contributed by atoms with Crippen molar-refractivity contribution in [2.45, 2.75) is 25.4 Å². The van der Waals surface area contributed by atoms with E-state index in [2.05, 4.69) is 5.32 Å². The van der Waals surface area contributed by atoms with E-state index < -0.39 is 0 Å². The second-order valence-electron chi connectivity index (χ2n) is 6.15. The van der Waals surface area contributed by atoms with Crippen LogP contribution in [-0.4, -0.2) is 29.3 Å². The topological polar surface area (TPSA) is 49.4 Å². The summed E-state index contributed by atoms with van der Waals surface area (Å²) in [5, 5.41) is 3.43. The molecule has 4 fully saturated rings. The van der Waals surface area contributed by atoms with E-state index in [9.17, 15) is 9.59 Å². The Balaban J connectivity index is 1.63. The number of piperidine rings is 2. The van der Waals surface area contributed by atoms with Crippen molar-refractivity contribution in [3.8, 4) is 0 Å². The van der Waals surface area contributed by atoms with Gasteiger partial charge in [-0.05, 0) is 30.9 Å². The van der Waals surface area contributed by atoms with Crippen LogP contribution < -0.4 is 5.32 Å². The molecule has 2 bridgehead atoms. The maximum Gasteiger partial charge on any atom is 0.234 e. The van der Waals surface area contributed by atoms with Gasteiger partial charge in [0.15, 0.2) is 0 Å². The van der Waals surface area contributed by atoms with E-state index >= 15 is 0 Å². The Morgan fingerprint density at radius 3 is 2.45 bits per heavy atom. The molecule has 104 valence electrons. The molecule has 0 radical (unpaired) electrons. The average molecular weight is 270 g/mol. The van der Waals surface area contributed by atoms with Crippen LogP contribution in [0.5, 0.6) is 0 Å². The predicted octanol–water partition coefficient (Wildman–Crippen LogP) is 1.17. The molecule has 4 aliphatic rings. The molecule has 4 nitrogen and oxygen atoms in total. The molecule has 3 saturated heterocycles. The number of rotatable bonds is 2. The number of amides is 2. The first-order valence-corrected chi connectivity index (χ1v) is 7.38. The summed E-state index contributed by atoms with van der Waals surface area (Å²) in [6.45, 7) is 1.31. The number of nitrogens with zero attached hydrogens (tertiary/aromatic N) is 1. The molecule has 1 aromatic rings. The van der Waals surface area contributed by atoms with Crippen molar-refractivity contribution < 1.29 is 9.59 Å². The molecule has 1 aliphatic carbocycles. The van der Waals surface area contributed by atoms with Gasteiger partial charge in [-0.1, -0.05) is 30.3 Å². The van der Waals surface area contributed by atoms with Crippen molar-refractivity contribution in [2.75, 3.05) is 6.54 Å². The summed E-state index contributed by atoms with van der Waals surface area (Å²) in [7, 11) is 0. The van der Waals surface area contributed by atoms with Crippen LogP contribution in [0, 0.1) is 17.8 Å². The number of benzene rings is 1. The Morgan fingerprint density at radius 1 is 1.05 bits per heavy atom. The van der Waals surface area contributed by atoms with E-state index in [-0.39, 0.29) is 29.7 Å². The van der Waals surface area contributed by atoms with Crippen LogP contribution in [0.4, 0.5) is 0 Å². The number of nitrogens with one attached hydrogen (secondary N) is 1. The minimum Gasteiger partial charge on any atom is -0.313 e. The van der Waals surface area contributed by atoms with Crippen molar-refractivity contribution in [1.82, 2.24) is 10.2 Å². The lowest BCUT2D eigenvalue weighted by atomic mass is 9.67. The second-order valence-corrected chi connectivity index (χ2v) is 6.15. The monoisotopic (exact) mass is 270 g/mol. The van der Waals surface area contributed by atoms with E-state index in [1.165, 1.54) is 4.90 Å². The summed E-state index contributed by atoms with van der Waals surface area (Å²) in [4.78, 5) is 26.7. The van der Waals surface area contributed by atoms with Gasteiger partial charge in [-0.15, -0.1) is 0 Å². The molecule has 0 aromatic heterocycles. The maximum absolute atomic E-state index is 12.6. The molecule has 0 unspecified atom stereocenters. The number of carbonyl (C=O) groups is 2. The molecule has 2 amide bonds. The van der Waals surface area contributed by atoms with E-state index in [4.69, 9.17) is 0 Å². The van der Waals surface area contributed by atoms with Crippen molar-refractivity contribution in [3.63, 3.8) is 0 Å². The predicted molar refractivity (Wildman–Crippen MR) is 73.5 cm³/mol. The zero-order valence-electron chi connectivity index (χ0n) is 11.3. The minimum absolute atomic E-state index is 0.0331. The molecule has 1 aromatic carbocycles. The molecule has 1 saturated carbocycles. The number of hydrogen-bond acceptors (Lipinski definition) is 3. The van der Waals surface area contributed by atoms with Gasteiger partial charge in [0.1, 0.15) is 0 Å². The lowest BCUT2D eigenvalue weighted by molar-refractivity contribution is -0.140. The Kier molecular flexibility index (Phi) is 2.67. The number of fused-ring (bicyclic) bond motifs is 2. The Morgan fingerprint density at radius 2 is 1.80 bits per heavy atom. The minimum atomic E-state index is -0.112. The highest BCUT2D eigenvalue weighted by atomic mass is 16.2. The highest BCUT2D eigenvalue weighted by Crippen LogP contribution is 2.45. The van der Waals surface area contributed by atoms with Gasteiger partial charge < -0.3 is 5.32 Å². The molecule has 3 aliphatic heterocycles. The van der Waals surface area contributed by atoms with E-state index in [0.29, 0.717) is 12.5 Å². The zero-order chi connectivity index (χ0) is 13.7. The van der Waals surface area contributed by atoms with Crippen LogP contribution in [0.15, 0.2) is 30.3 Å². The second kappa shape index (κ2) is 4.42. The highest BCUT2D eigenvalue weighted by molar-refractivity contribution is 6.05. The van der Waals surface area contributed by atoms with E-state index in [1.807, 2.05) is 30.3 Å². The lowest BCUT2D eigenvalue weighted by Gasteiger charge is -2.43. The molecule has 3 heterocycles. The fourth-order valence-corrected chi connectivity index (χ4v) is 4.13. The van der Waals surface area contributed by atoms with Crippen LogP contribution in [-0.2, 0) is 16.1 Å². The van der Waals surface area contributed by atoms with E-state index in [0.717, 1.165) is 24.9 Å². The third kappa shape index (κ3) is 1.64. The van der Waals surface area contributed by atoms with Gasteiger partial charge in [-0.2, -0.15) is 0 Å². The first-order valence-electron chi connectivity index (χ1n) is 7.38. The van der Waals surface area contributed by atoms with Crippen LogP contribution in [0.1, 0.15) is 18.4 Å². The van der Waals surface area contributed by atoms with Crippen molar-refractivity contribution in [3.05, 3.63) is 35.9 Å². The fraction of sp³-hybridized carbons (Fsp3) is 0.500. The quantitative estimate of drug-likeness (QED) is 0.821. The summed E-state index contributed by atoms with van der Waals surface area (Å²) < 4.78 is 0. The van der Waals surface area contributed by atoms with Gasteiger partial charge in [0, 0.05) is 6.04 Å². The third-order valence-electron chi connectivity index (χ3n) is 5.10. The third-order valence-corrected chi connectivity index (χ3v) is 5.10. The number of carbonyl (C=O) groups excluding carboxylic acids is 2. The Bertz CT molecular complexity index is 519. The van der Waals surface area contributed by atoms with Crippen LogP contribution in [0.2, 0.25) is 0 Å². The molecule has 1 N–H and O–H groups in total. The van der Waals surface area contributed by atoms with Crippen molar-refractivity contribution in [1.29, 1.82) is 0 Å². The average Bonchev–Trinajstić information content (AvgIpc) is 2.77. The van der Waals surface area contributed by atoms with Crippen LogP contribution >= 0.6 is 0 Å². The van der Waals surface area contributed by atoms with Crippen molar-refractivity contribution >= 4 is 11.8 Å². The van der Waals surface area contributed by atoms with Gasteiger partial charge >= 0.3 is 0 Å². The molecular formula is C16H18N2O2. The molecule has 0 spiro atoms. The zero-order valence-corrected chi connectivity index (χ0v) is 11.3. The van der Waals surface area contributed by atoms with Gasteiger partial charge in [0.25, 0.3) is 0 Å². The summed E-state index contributed by atoms with van der Waals surface area (Å²) >= 11 is 0. The number of likely N-dealkylation sites (tertiary alicyclic amines) is 1. The van der Waals surface area contributed by atoms with Crippen LogP contribution in [0.3, 0.4) is 0 Å². The van der Waals surface area contributed by atoms with Crippen LogP contribution in [0.25, 0.3) is 0 Å². The fourth-order valence-electron chi connectivity index (χ4n) is 4.13. The summed E-state index contributed by atoms with van der Waals surface area (Å²) in [5.74, 6) is 0.262. The standard InChI is InChI=1S/C16H18N2O2/c19-15-13-11-6-7-12(17-8-11)14(13)16(20)18(15)9-10-4-2-1-3-5-10/h1-5,11-14,17H,6-9H2/t11-,12+,13-,14+/m0/s1. The summed E-state index contributed by atoms with van der Waals surface area (Å²) in [6.07, 6.45) is 2.11. The molecule has 5 rings (SSSR count). The van der Waals surface area contributed by atoms with Crippen molar-refractivity contribution in [2.24, 2.45) is 17.8 Å². The summed E-state index contributed by atoms with van der Waals surface area (Å²) in [6, 6.07) is 9.98. The molecular weight excluding hydrogens is 252 g/mol. The normalized spacial score (nSPS) is 35.5. The first-order chi connectivity index (χ1) is 9.75. The smallest absolute Gasteiger partial charge is 0.234 e. The summed E-state index contributed by atoms with van der Waals surface area (Å²) in [5.41, 5.74) is 1.02. The van der Waals surface area contributed by atoms with Gasteiger partial charge in [-0.25, -0.2) is 0 Å². The van der Waals surface area contributed by atoms with Gasteiger partial charge in [0.05, 0.1) is 18.4 Å². The first kappa shape index (κ1) is 12.1. The Labute approximate surface area is 118 Å². The maximum atomic E-state index is 12.6. The Hall–Kier alpha value is -1.68. The number of hydrogen-bond donors (Lipinski definition) is 1. The lowest BCUT2D eigenvalue weighted by Crippen LogP contribution is -2.56. The SMILES string of the molecule is O=C1[C@H]2[C@H]3CC[C@@H](NC3)[C@H]2C(=O)N1Cc1ccccc1. The van der Waals surface area contributed by atoms with Gasteiger partial charge in [0.2, 0.25) is 11.8 Å².